The summed E-state index contributed by atoms with van der Waals surface area (Å²) in [6.07, 6.45) is 3.66. The highest BCUT2D eigenvalue weighted by molar-refractivity contribution is 7.17. The molecular formula is C21H26N2O2S. The number of hydrogen-bond donors (Lipinski definition) is 1. The second-order valence-corrected chi connectivity index (χ2v) is 8.46. The molecule has 2 aliphatic rings. The molecule has 1 saturated heterocycles. The van der Waals surface area contributed by atoms with Crippen LogP contribution in [0.5, 0.6) is 5.75 Å². The molecule has 2 aliphatic heterocycles. The third-order valence-electron chi connectivity index (χ3n) is 5.23. The van der Waals surface area contributed by atoms with Gasteiger partial charge in [-0.1, -0.05) is 19.1 Å². The Morgan fingerprint density at radius 1 is 1.38 bits per heavy atom. The van der Waals surface area contributed by atoms with Gasteiger partial charge in [0.05, 0.1) is 4.88 Å². The molecular weight excluding hydrogens is 344 g/mol. The smallest absolute Gasteiger partial charge is 0.261 e. The van der Waals surface area contributed by atoms with Crippen LogP contribution >= 0.6 is 11.3 Å². The summed E-state index contributed by atoms with van der Waals surface area (Å²) in [4.78, 5) is 17.0. The third kappa shape index (κ3) is 3.79. The number of nitrogens with one attached hydrogen (secondary N) is 1. The van der Waals surface area contributed by atoms with Gasteiger partial charge in [0, 0.05) is 29.1 Å². The molecule has 26 heavy (non-hydrogen) atoms. The van der Waals surface area contributed by atoms with Crippen molar-refractivity contribution < 1.29 is 9.53 Å². The summed E-state index contributed by atoms with van der Waals surface area (Å²) in [6.45, 7) is 7.09. The second-order valence-electron chi connectivity index (χ2n) is 7.41. The van der Waals surface area contributed by atoms with E-state index < -0.39 is 0 Å². The normalized spacial score (nSPS) is 19.3. The summed E-state index contributed by atoms with van der Waals surface area (Å²) in [5.41, 5.74) is 2.21. The van der Waals surface area contributed by atoms with Crippen LogP contribution in [0, 0.1) is 5.92 Å². The molecule has 1 aromatic heterocycles. The Morgan fingerprint density at radius 2 is 2.27 bits per heavy atom. The van der Waals surface area contributed by atoms with Crippen LogP contribution in [-0.4, -0.2) is 37.0 Å². The topological polar surface area (TPSA) is 41.6 Å². The lowest BCUT2D eigenvalue weighted by Gasteiger charge is -2.30. The molecule has 4 rings (SSSR count). The number of hydrogen-bond acceptors (Lipinski definition) is 4. The minimum Gasteiger partial charge on any atom is -0.488 e. The molecule has 0 unspecified atom stereocenters. The monoisotopic (exact) mass is 370 g/mol. The first-order valence-electron chi connectivity index (χ1n) is 9.56. The van der Waals surface area contributed by atoms with Gasteiger partial charge in [-0.2, -0.15) is 0 Å². The lowest BCUT2D eigenvalue weighted by molar-refractivity contribution is 0.0954. The van der Waals surface area contributed by atoms with Gasteiger partial charge in [0.2, 0.25) is 0 Å². The zero-order valence-electron chi connectivity index (χ0n) is 15.3. The van der Waals surface area contributed by atoms with E-state index in [1.54, 1.807) is 11.3 Å². The largest absolute Gasteiger partial charge is 0.488 e. The van der Waals surface area contributed by atoms with Crippen LogP contribution in [0.1, 0.15) is 41.4 Å². The van der Waals surface area contributed by atoms with E-state index in [0.29, 0.717) is 6.61 Å². The third-order valence-corrected chi connectivity index (χ3v) is 6.43. The maximum atomic E-state index is 12.5. The van der Waals surface area contributed by atoms with Crippen LogP contribution in [0.15, 0.2) is 30.3 Å². The van der Waals surface area contributed by atoms with Crippen molar-refractivity contribution in [2.45, 2.75) is 32.8 Å². The number of amides is 1. The molecule has 1 aromatic carbocycles. The van der Waals surface area contributed by atoms with E-state index in [-0.39, 0.29) is 5.91 Å². The van der Waals surface area contributed by atoms with Gasteiger partial charge < -0.3 is 15.0 Å². The van der Waals surface area contributed by atoms with Crippen molar-refractivity contribution in [3.8, 4) is 16.2 Å². The number of benzene rings is 1. The van der Waals surface area contributed by atoms with Crippen molar-refractivity contribution in [2.24, 2.45) is 5.92 Å². The average Bonchev–Trinajstić information content (AvgIpc) is 3.10. The number of para-hydroxylation sites is 1. The molecule has 1 amide bonds. The SMILES string of the molecule is C[C@@H]1CCCN(CCCNC(=O)c2cc3c(s2)-c2ccccc2OC3)C1. The number of likely N-dealkylation sites (tertiary alicyclic amines) is 1. The van der Waals surface area contributed by atoms with E-state index in [2.05, 4.69) is 23.2 Å². The van der Waals surface area contributed by atoms with E-state index >= 15 is 0 Å². The quantitative estimate of drug-likeness (QED) is 0.804. The van der Waals surface area contributed by atoms with Gasteiger partial charge in [-0.25, -0.2) is 0 Å². The fourth-order valence-corrected chi connectivity index (χ4v) is 5.01. The van der Waals surface area contributed by atoms with Crippen molar-refractivity contribution in [3.05, 3.63) is 40.8 Å². The molecule has 138 valence electrons. The van der Waals surface area contributed by atoms with Crippen LogP contribution in [0.2, 0.25) is 0 Å². The summed E-state index contributed by atoms with van der Waals surface area (Å²) in [6, 6.07) is 10.0. The van der Waals surface area contributed by atoms with Crippen molar-refractivity contribution in [1.82, 2.24) is 10.2 Å². The van der Waals surface area contributed by atoms with Gasteiger partial charge in [0.25, 0.3) is 5.91 Å². The first-order valence-corrected chi connectivity index (χ1v) is 10.4. The van der Waals surface area contributed by atoms with E-state index in [4.69, 9.17) is 4.74 Å². The number of thiophene rings is 1. The number of rotatable bonds is 5. The lowest BCUT2D eigenvalue weighted by atomic mass is 10.0. The predicted molar refractivity (Wildman–Crippen MR) is 106 cm³/mol. The van der Waals surface area contributed by atoms with Gasteiger partial charge in [-0.05, 0) is 56.5 Å². The summed E-state index contributed by atoms with van der Waals surface area (Å²) in [7, 11) is 0. The van der Waals surface area contributed by atoms with E-state index in [0.717, 1.165) is 47.2 Å². The van der Waals surface area contributed by atoms with Crippen LogP contribution in [0.3, 0.4) is 0 Å². The predicted octanol–water partition coefficient (Wildman–Crippen LogP) is 4.16. The second kappa shape index (κ2) is 7.80. The molecule has 0 bridgehead atoms. The van der Waals surface area contributed by atoms with Crippen molar-refractivity contribution in [1.29, 1.82) is 0 Å². The molecule has 0 aliphatic carbocycles. The Hall–Kier alpha value is -1.85. The fourth-order valence-electron chi connectivity index (χ4n) is 3.89. The van der Waals surface area contributed by atoms with Gasteiger partial charge in [-0.3, -0.25) is 4.79 Å². The molecule has 1 N–H and O–H groups in total. The van der Waals surface area contributed by atoms with E-state index in [1.165, 1.54) is 30.8 Å². The maximum absolute atomic E-state index is 12.5. The van der Waals surface area contributed by atoms with Crippen molar-refractivity contribution in [2.75, 3.05) is 26.2 Å². The van der Waals surface area contributed by atoms with Gasteiger partial charge in [-0.15, -0.1) is 11.3 Å². The number of carbonyl (C=O) groups is 1. The van der Waals surface area contributed by atoms with Crippen LogP contribution in [0.25, 0.3) is 10.4 Å². The number of fused-ring (bicyclic) bond motifs is 3. The Kier molecular flexibility index (Phi) is 5.27. The molecule has 5 heteroatoms. The maximum Gasteiger partial charge on any atom is 0.261 e. The molecule has 1 atom stereocenters. The van der Waals surface area contributed by atoms with E-state index in [1.807, 2.05) is 24.3 Å². The number of nitrogens with zero attached hydrogens (tertiary/aromatic N) is 1. The van der Waals surface area contributed by atoms with Gasteiger partial charge in [0.1, 0.15) is 12.4 Å². The summed E-state index contributed by atoms with van der Waals surface area (Å²) >= 11 is 1.57. The van der Waals surface area contributed by atoms with Crippen molar-refractivity contribution >= 4 is 17.2 Å². The molecule has 0 radical (unpaired) electrons. The summed E-state index contributed by atoms with van der Waals surface area (Å²) < 4.78 is 5.79. The van der Waals surface area contributed by atoms with Crippen LogP contribution in [-0.2, 0) is 6.61 Å². The summed E-state index contributed by atoms with van der Waals surface area (Å²) in [5.74, 6) is 1.75. The van der Waals surface area contributed by atoms with Crippen molar-refractivity contribution in [3.63, 3.8) is 0 Å². The zero-order valence-corrected chi connectivity index (χ0v) is 16.1. The fraction of sp³-hybridized carbons (Fsp3) is 0.476. The number of carbonyl (C=O) groups excluding carboxylic acids is 1. The molecule has 1 fully saturated rings. The lowest BCUT2D eigenvalue weighted by Crippen LogP contribution is -2.36. The highest BCUT2D eigenvalue weighted by Crippen LogP contribution is 2.42. The molecule has 0 saturated carbocycles. The Morgan fingerprint density at radius 3 is 3.15 bits per heavy atom. The Bertz CT molecular complexity index is 786. The average molecular weight is 371 g/mol. The number of piperidine rings is 1. The minimum atomic E-state index is 0.0360. The number of ether oxygens (including phenoxy) is 1. The standard InChI is InChI=1S/C21H26N2O2S/c1-15-6-4-10-23(13-15)11-5-9-22-21(24)19-12-16-14-25-18-8-3-2-7-17(18)20(16)26-19/h2-3,7-8,12,15H,4-6,9-11,13-14H2,1H3,(H,22,24)/t15-/m1/s1. The highest BCUT2D eigenvalue weighted by Gasteiger charge is 2.22. The Labute approximate surface area is 159 Å². The Balaban J connectivity index is 1.32. The molecule has 4 nitrogen and oxygen atoms in total. The van der Waals surface area contributed by atoms with Gasteiger partial charge >= 0.3 is 0 Å². The molecule has 0 spiro atoms. The zero-order chi connectivity index (χ0) is 17.9. The van der Waals surface area contributed by atoms with Crippen LogP contribution in [0.4, 0.5) is 0 Å². The van der Waals surface area contributed by atoms with Gasteiger partial charge in [0.15, 0.2) is 0 Å². The molecule has 2 aromatic rings. The van der Waals surface area contributed by atoms with Crippen LogP contribution < -0.4 is 10.1 Å². The summed E-state index contributed by atoms with van der Waals surface area (Å²) in [5, 5.41) is 3.09. The molecule has 3 heterocycles. The first kappa shape index (κ1) is 17.6. The highest BCUT2D eigenvalue weighted by atomic mass is 32.1. The minimum absolute atomic E-state index is 0.0360. The van der Waals surface area contributed by atoms with E-state index in [9.17, 15) is 4.79 Å². The first-order chi connectivity index (χ1) is 12.7.